The highest BCUT2D eigenvalue weighted by molar-refractivity contribution is 7.47. The highest BCUT2D eigenvalue weighted by Crippen LogP contribution is 2.43. The number of allylic oxidation sites excluding steroid dienone is 15. The van der Waals surface area contributed by atoms with Crippen LogP contribution in [0.25, 0.3) is 0 Å². The highest BCUT2D eigenvalue weighted by atomic mass is 31.2. The van der Waals surface area contributed by atoms with Crippen molar-refractivity contribution in [1.29, 1.82) is 0 Å². The summed E-state index contributed by atoms with van der Waals surface area (Å²) in [7, 11) is -4.46. The number of phosphoric ester groups is 1. The van der Waals surface area contributed by atoms with Crippen molar-refractivity contribution in [1.82, 2.24) is 0 Å². The number of rotatable bonds is 39. The zero-order valence-corrected chi connectivity index (χ0v) is 37.1. The largest absolute Gasteiger partial charge is 0.472 e. The van der Waals surface area contributed by atoms with Crippen LogP contribution in [0.5, 0.6) is 0 Å². The van der Waals surface area contributed by atoms with Crippen LogP contribution in [0.3, 0.4) is 0 Å². The third-order valence-electron chi connectivity index (χ3n) is 8.65. The molecule has 0 aliphatic heterocycles. The lowest BCUT2D eigenvalue weighted by Crippen LogP contribution is -2.30. The Hall–Kier alpha value is -3.15. The second-order valence-electron chi connectivity index (χ2n) is 14.1. The van der Waals surface area contributed by atoms with E-state index in [1.165, 1.54) is 25.7 Å². The first-order valence-electron chi connectivity index (χ1n) is 21.9. The van der Waals surface area contributed by atoms with Gasteiger partial charge in [-0.25, -0.2) is 4.57 Å². The van der Waals surface area contributed by atoms with Gasteiger partial charge in [0.15, 0.2) is 6.10 Å². The van der Waals surface area contributed by atoms with Crippen LogP contribution in [0.1, 0.15) is 142 Å². The van der Waals surface area contributed by atoms with Crippen LogP contribution in [0.4, 0.5) is 0 Å². The number of carbonyl (C=O) groups is 2. The first-order chi connectivity index (χ1) is 28.6. The molecule has 4 atom stereocenters. The Balaban J connectivity index is 4.48. The summed E-state index contributed by atoms with van der Waals surface area (Å²) in [4.78, 5) is 34.9. The molecule has 336 valence electrons. The lowest BCUT2D eigenvalue weighted by atomic mass is 10.0. The number of aliphatic hydroxyl groups is 2. The van der Waals surface area contributed by atoms with Gasteiger partial charge >= 0.3 is 19.8 Å². The molecule has 0 saturated heterocycles. The molecule has 1 unspecified atom stereocenters. The number of phosphoric acid groups is 1. The van der Waals surface area contributed by atoms with Crippen molar-refractivity contribution in [2.24, 2.45) is 5.73 Å². The maximum atomic E-state index is 12.6. The quantitative estimate of drug-likeness (QED) is 0.0200. The molecule has 0 aliphatic rings. The Morgan fingerprint density at radius 3 is 1.64 bits per heavy atom. The molecule has 0 aromatic carbocycles. The molecule has 0 radical (unpaired) electrons. The van der Waals surface area contributed by atoms with Gasteiger partial charge in [-0.15, -0.1) is 0 Å². The normalized spacial score (nSPS) is 15.3. The Kier molecular flexibility index (Phi) is 39.4. The number of esters is 2. The number of hydrogen-bond acceptors (Lipinski definition) is 10. The van der Waals surface area contributed by atoms with Crippen molar-refractivity contribution >= 4 is 19.8 Å². The van der Waals surface area contributed by atoms with Crippen LogP contribution >= 0.6 is 7.82 Å². The van der Waals surface area contributed by atoms with Gasteiger partial charge in [-0.3, -0.25) is 18.6 Å². The van der Waals surface area contributed by atoms with Crippen LogP contribution in [0, 0.1) is 0 Å². The van der Waals surface area contributed by atoms with Crippen molar-refractivity contribution in [3.05, 3.63) is 97.2 Å². The minimum Gasteiger partial charge on any atom is -0.462 e. The topological polar surface area (TPSA) is 175 Å². The van der Waals surface area contributed by atoms with E-state index in [1.807, 2.05) is 18.2 Å². The Morgan fingerprint density at radius 1 is 0.593 bits per heavy atom. The Labute approximate surface area is 356 Å². The number of carbonyl (C=O) groups excluding carboxylic acids is 2. The monoisotopic (exact) mass is 848 g/mol. The predicted molar refractivity (Wildman–Crippen MR) is 240 cm³/mol. The van der Waals surface area contributed by atoms with E-state index >= 15 is 0 Å². The number of hydrogen-bond donors (Lipinski definition) is 4. The summed E-state index contributed by atoms with van der Waals surface area (Å²) in [6.07, 6.45) is 46.1. The van der Waals surface area contributed by atoms with Crippen molar-refractivity contribution < 1.29 is 47.8 Å². The number of aliphatic hydroxyl groups excluding tert-OH is 2. The highest BCUT2D eigenvalue weighted by Gasteiger charge is 2.26. The van der Waals surface area contributed by atoms with Gasteiger partial charge in [0.25, 0.3) is 0 Å². The van der Waals surface area contributed by atoms with Gasteiger partial charge in [0, 0.05) is 19.4 Å². The van der Waals surface area contributed by atoms with E-state index in [9.17, 15) is 29.3 Å². The number of unbranched alkanes of at least 4 members (excludes halogenated alkanes) is 6. The van der Waals surface area contributed by atoms with Gasteiger partial charge in [-0.05, 0) is 96.3 Å². The minimum atomic E-state index is -4.46. The number of nitrogens with two attached hydrogens (primary N) is 1. The average Bonchev–Trinajstić information content (AvgIpc) is 3.22. The lowest BCUT2D eigenvalue weighted by Gasteiger charge is -2.20. The fourth-order valence-corrected chi connectivity index (χ4v) is 6.06. The molecule has 12 heteroatoms. The third-order valence-corrected chi connectivity index (χ3v) is 9.64. The van der Waals surface area contributed by atoms with Gasteiger partial charge in [0.2, 0.25) is 0 Å². The first kappa shape index (κ1) is 55.9. The maximum absolute atomic E-state index is 12.6. The summed E-state index contributed by atoms with van der Waals surface area (Å²) in [6.45, 7) is 3.19. The van der Waals surface area contributed by atoms with Crippen LogP contribution in [0.2, 0.25) is 0 Å². The molecule has 0 spiro atoms. The molecule has 59 heavy (non-hydrogen) atoms. The Bertz CT molecular complexity index is 1320. The van der Waals surface area contributed by atoms with E-state index in [4.69, 9.17) is 24.3 Å². The molecule has 0 saturated carbocycles. The van der Waals surface area contributed by atoms with E-state index < -0.39 is 51.3 Å². The van der Waals surface area contributed by atoms with Gasteiger partial charge < -0.3 is 30.3 Å². The first-order valence-corrected chi connectivity index (χ1v) is 23.4. The van der Waals surface area contributed by atoms with E-state index in [0.717, 1.165) is 64.2 Å². The fourth-order valence-electron chi connectivity index (χ4n) is 5.29. The zero-order valence-electron chi connectivity index (χ0n) is 36.2. The molecular formula is C47H78NO10P. The van der Waals surface area contributed by atoms with Gasteiger partial charge in [-0.2, -0.15) is 0 Å². The molecular weight excluding hydrogens is 769 g/mol. The molecule has 0 amide bonds. The van der Waals surface area contributed by atoms with Gasteiger partial charge in [0.05, 0.1) is 25.4 Å². The van der Waals surface area contributed by atoms with Gasteiger partial charge in [-0.1, -0.05) is 130 Å². The van der Waals surface area contributed by atoms with Crippen LogP contribution in [-0.2, 0) is 32.7 Å². The van der Waals surface area contributed by atoms with E-state index in [2.05, 4.69) is 92.8 Å². The van der Waals surface area contributed by atoms with Crippen molar-refractivity contribution in [2.75, 3.05) is 26.4 Å². The fraction of sp³-hybridized carbons (Fsp3) is 0.617. The second-order valence-corrected chi connectivity index (χ2v) is 15.6. The summed E-state index contributed by atoms with van der Waals surface area (Å²) in [6, 6.07) is 0. The molecule has 0 rings (SSSR count). The predicted octanol–water partition coefficient (Wildman–Crippen LogP) is 10.5. The molecule has 11 nitrogen and oxygen atoms in total. The summed E-state index contributed by atoms with van der Waals surface area (Å²) in [5, 5.41) is 20.6. The summed E-state index contributed by atoms with van der Waals surface area (Å²) < 4.78 is 32.6. The molecule has 0 bridgehead atoms. The smallest absolute Gasteiger partial charge is 0.462 e. The van der Waals surface area contributed by atoms with Crippen molar-refractivity contribution in [2.45, 2.75) is 161 Å². The number of ether oxygens (including phenoxy) is 2. The molecule has 5 N–H and O–H groups in total. The third kappa shape index (κ3) is 40.0. The molecule has 0 heterocycles. The van der Waals surface area contributed by atoms with Crippen molar-refractivity contribution in [3.63, 3.8) is 0 Å². The lowest BCUT2D eigenvalue weighted by molar-refractivity contribution is -0.161. The average molecular weight is 848 g/mol. The van der Waals surface area contributed by atoms with Crippen molar-refractivity contribution in [3.8, 4) is 0 Å². The standard InChI is InChI=1S/C47H78NO10P/c1-3-5-7-9-11-13-15-17-18-19-20-21-22-23-25-27-29-31-33-37-47(52)58-43(42-57-59(53,54)56-40-39-48)41-55-46(51)38-34-36-45(50)44(49)35-32-30-28-26-24-16-14-12-10-8-6-4-2/h6,8,11-14,17-18,20-21,23-26,30,32,43-45,49-50H,3-5,7,9-10,15-16,19,22,27-29,31,33-42,48H2,1-2H3,(H,53,54)/b8-6-,13-11-,14-12-,18-17-,21-20-,25-23-,26-24-,32-30-/t43-,44+,45+/m1/s1. The zero-order chi connectivity index (χ0) is 43.5. The molecule has 0 fully saturated rings. The SMILES string of the molecule is CC/C=C\C/C=C\C/C=C\C/C=C\C[C@H](O)[C@@H](O)CCCC(=O)OC[C@H](COP(=O)(O)OCCN)OC(=O)CCCCC/C=C\C/C=C\C/C=C\C/C=C\CCCCC. The molecule has 0 aromatic rings. The Morgan fingerprint density at radius 2 is 1.10 bits per heavy atom. The maximum Gasteiger partial charge on any atom is 0.472 e. The van der Waals surface area contributed by atoms with Crippen LogP contribution < -0.4 is 5.73 Å². The minimum absolute atomic E-state index is 0.00249. The molecule has 0 aliphatic carbocycles. The summed E-state index contributed by atoms with van der Waals surface area (Å²) in [5.41, 5.74) is 5.33. The summed E-state index contributed by atoms with van der Waals surface area (Å²) in [5.74, 6) is -1.16. The molecule has 0 aromatic heterocycles. The van der Waals surface area contributed by atoms with Gasteiger partial charge in [0.1, 0.15) is 6.61 Å². The van der Waals surface area contributed by atoms with Crippen LogP contribution in [-0.4, -0.2) is 71.7 Å². The summed E-state index contributed by atoms with van der Waals surface area (Å²) >= 11 is 0. The van der Waals surface area contributed by atoms with Crippen LogP contribution in [0.15, 0.2) is 97.2 Å². The van der Waals surface area contributed by atoms with E-state index in [-0.39, 0.29) is 45.3 Å². The van der Waals surface area contributed by atoms with E-state index in [1.54, 1.807) is 0 Å². The second kappa shape index (κ2) is 41.6. The van der Waals surface area contributed by atoms with E-state index in [0.29, 0.717) is 6.42 Å².